The Kier molecular flexibility index (Phi) is 3.98. The maximum atomic E-state index is 12.8. The molecule has 0 bridgehead atoms. The molecule has 26 heavy (non-hydrogen) atoms. The summed E-state index contributed by atoms with van der Waals surface area (Å²) >= 11 is 0. The van der Waals surface area contributed by atoms with Crippen LogP contribution in [-0.2, 0) is 4.79 Å². The summed E-state index contributed by atoms with van der Waals surface area (Å²) in [5.41, 5.74) is 1.39. The number of carboxylic acids is 1. The van der Waals surface area contributed by atoms with Gasteiger partial charge in [0.1, 0.15) is 19.3 Å². The molecule has 1 aromatic carbocycles. The van der Waals surface area contributed by atoms with E-state index in [-0.39, 0.29) is 5.69 Å². The molecule has 9 heteroatoms. The fourth-order valence-corrected chi connectivity index (χ4v) is 3.34. The summed E-state index contributed by atoms with van der Waals surface area (Å²) in [6, 6.07) is 4.56. The van der Waals surface area contributed by atoms with Gasteiger partial charge in [-0.1, -0.05) is 5.21 Å². The second kappa shape index (κ2) is 6.32. The van der Waals surface area contributed by atoms with Crippen LogP contribution < -0.4 is 9.47 Å². The number of rotatable bonds is 3. The summed E-state index contributed by atoms with van der Waals surface area (Å²) in [6.45, 7) is 3.12. The fourth-order valence-electron chi connectivity index (χ4n) is 3.34. The molecular formula is C17H18N4O5. The fraction of sp³-hybridized carbons (Fsp3) is 0.412. The highest BCUT2D eigenvalue weighted by atomic mass is 16.6. The second-order valence-corrected chi connectivity index (χ2v) is 6.26. The van der Waals surface area contributed by atoms with Crippen LogP contribution in [-0.4, -0.2) is 62.7 Å². The van der Waals surface area contributed by atoms with Gasteiger partial charge in [0.2, 0.25) is 0 Å². The molecule has 1 saturated heterocycles. The molecule has 2 aromatic rings. The van der Waals surface area contributed by atoms with Crippen LogP contribution in [0.2, 0.25) is 0 Å². The molecular weight excluding hydrogens is 340 g/mol. The molecule has 2 aliphatic rings. The molecule has 0 unspecified atom stereocenters. The Morgan fingerprint density at radius 2 is 2.00 bits per heavy atom. The van der Waals surface area contributed by atoms with Crippen molar-refractivity contribution >= 4 is 11.9 Å². The molecule has 136 valence electrons. The molecule has 1 amide bonds. The maximum absolute atomic E-state index is 12.8. The molecule has 4 rings (SSSR count). The van der Waals surface area contributed by atoms with Crippen molar-refractivity contribution in [2.24, 2.45) is 0 Å². The van der Waals surface area contributed by atoms with Crippen LogP contribution in [0.25, 0.3) is 5.69 Å². The highest BCUT2D eigenvalue weighted by Gasteiger charge is 2.36. The molecule has 1 aromatic heterocycles. The molecule has 0 saturated carbocycles. The number of ether oxygens (including phenoxy) is 2. The van der Waals surface area contributed by atoms with Gasteiger partial charge in [-0.3, -0.25) is 4.79 Å². The first-order valence-corrected chi connectivity index (χ1v) is 8.42. The maximum Gasteiger partial charge on any atom is 0.326 e. The Morgan fingerprint density at radius 3 is 2.77 bits per heavy atom. The molecule has 1 atom stereocenters. The summed E-state index contributed by atoms with van der Waals surface area (Å²) < 4.78 is 12.6. The van der Waals surface area contributed by atoms with Crippen LogP contribution in [0.3, 0.4) is 0 Å². The van der Waals surface area contributed by atoms with Crippen LogP contribution >= 0.6 is 0 Å². The Balaban J connectivity index is 1.64. The summed E-state index contributed by atoms with van der Waals surface area (Å²) in [7, 11) is 0. The van der Waals surface area contributed by atoms with Crippen LogP contribution in [0.15, 0.2) is 18.2 Å². The van der Waals surface area contributed by atoms with Gasteiger partial charge >= 0.3 is 5.97 Å². The number of hydrogen-bond donors (Lipinski definition) is 1. The number of carboxylic acid groups (broad SMARTS) is 1. The van der Waals surface area contributed by atoms with Crippen molar-refractivity contribution in [2.45, 2.75) is 25.8 Å². The third-order valence-electron chi connectivity index (χ3n) is 4.67. The Hall–Kier alpha value is -3.10. The largest absolute Gasteiger partial charge is 0.486 e. The van der Waals surface area contributed by atoms with Crippen LogP contribution in [0.1, 0.15) is 29.0 Å². The van der Waals surface area contributed by atoms with E-state index in [4.69, 9.17) is 9.47 Å². The lowest BCUT2D eigenvalue weighted by Crippen LogP contribution is -2.40. The zero-order chi connectivity index (χ0) is 18.3. The zero-order valence-electron chi connectivity index (χ0n) is 14.2. The SMILES string of the molecule is Cc1c(C(=O)N2CCC[C@H]2C(=O)O)nnn1-c1ccc2c(c1)OCCO2. The van der Waals surface area contributed by atoms with Crippen molar-refractivity contribution in [2.75, 3.05) is 19.8 Å². The van der Waals surface area contributed by atoms with E-state index in [0.29, 0.717) is 55.5 Å². The lowest BCUT2D eigenvalue weighted by molar-refractivity contribution is -0.141. The Labute approximate surface area is 149 Å². The number of benzene rings is 1. The van der Waals surface area contributed by atoms with E-state index >= 15 is 0 Å². The number of amides is 1. The number of aliphatic carboxylic acids is 1. The summed E-state index contributed by atoms with van der Waals surface area (Å²) in [6.07, 6.45) is 1.12. The minimum absolute atomic E-state index is 0.160. The van der Waals surface area contributed by atoms with Gasteiger partial charge < -0.3 is 19.5 Å². The minimum atomic E-state index is -0.993. The normalized spacial score (nSPS) is 18.8. The lowest BCUT2D eigenvalue weighted by Gasteiger charge is -2.20. The highest BCUT2D eigenvalue weighted by molar-refractivity contribution is 5.96. The molecule has 9 nitrogen and oxygen atoms in total. The molecule has 1 N–H and O–H groups in total. The monoisotopic (exact) mass is 358 g/mol. The van der Waals surface area contributed by atoms with Crippen molar-refractivity contribution in [3.63, 3.8) is 0 Å². The first-order valence-electron chi connectivity index (χ1n) is 8.42. The number of carbonyl (C=O) groups excluding carboxylic acids is 1. The number of fused-ring (bicyclic) bond motifs is 1. The summed E-state index contributed by atoms with van der Waals surface area (Å²) in [4.78, 5) is 25.5. The van der Waals surface area contributed by atoms with E-state index < -0.39 is 17.9 Å². The van der Waals surface area contributed by atoms with Gasteiger partial charge in [-0.15, -0.1) is 5.10 Å². The van der Waals surface area contributed by atoms with E-state index in [1.54, 1.807) is 25.1 Å². The van der Waals surface area contributed by atoms with Gasteiger partial charge in [0.25, 0.3) is 5.91 Å². The zero-order valence-corrected chi connectivity index (χ0v) is 14.2. The van der Waals surface area contributed by atoms with Gasteiger partial charge in [-0.25, -0.2) is 9.48 Å². The molecule has 3 heterocycles. The number of hydrogen-bond acceptors (Lipinski definition) is 6. The van der Waals surface area contributed by atoms with Gasteiger partial charge in [0, 0.05) is 12.6 Å². The van der Waals surface area contributed by atoms with E-state index in [0.717, 1.165) is 0 Å². The van der Waals surface area contributed by atoms with Gasteiger partial charge in [0.15, 0.2) is 17.2 Å². The van der Waals surface area contributed by atoms with E-state index in [1.165, 1.54) is 9.58 Å². The van der Waals surface area contributed by atoms with Crippen LogP contribution in [0, 0.1) is 6.92 Å². The Morgan fingerprint density at radius 1 is 1.23 bits per heavy atom. The average molecular weight is 358 g/mol. The Bertz CT molecular complexity index is 878. The smallest absolute Gasteiger partial charge is 0.326 e. The third kappa shape index (κ3) is 2.65. The predicted octanol–water partition coefficient (Wildman–Crippen LogP) is 1.04. The summed E-state index contributed by atoms with van der Waals surface area (Å²) in [5.74, 6) is -0.124. The van der Waals surface area contributed by atoms with Crippen molar-refractivity contribution < 1.29 is 24.2 Å². The topological polar surface area (TPSA) is 107 Å². The third-order valence-corrected chi connectivity index (χ3v) is 4.67. The van der Waals surface area contributed by atoms with Gasteiger partial charge in [-0.05, 0) is 31.9 Å². The van der Waals surface area contributed by atoms with Crippen molar-refractivity contribution in [3.05, 3.63) is 29.6 Å². The van der Waals surface area contributed by atoms with Crippen molar-refractivity contribution in [3.8, 4) is 17.2 Å². The van der Waals surface area contributed by atoms with Gasteiger partial charge in [0.05, 0.1) is 11.4 Å². The average Bonchev–Trinajstić information content (AvgIpc) is 3.28. The second-order valence-electron chi connectivity index (χ2n) is 6.26. The molecule has 1 fully saturated rings. The number of nitrogens with zero attached hydrogens (tertiary/aromatic N) is 4. The highest BCUT2D eigenvalue weighted by Crippen LogP contribution is 2.32. The predicted molar refractivity (Wildman–Crippen MR) is 88.8 cm³/mol. The molecule has 0 aliphatic carbocycles. The molecule has 0 spiro atoms. The first-order chi connectivity index (χ1) is 12.6. The number of carbonyl (C=O) groups is 2. The number of aromatic nitrogens is 3. The first kappa shape index (κ1) is 16.4. The minimum Gasteiger partial charge on any atom is -0.486 e. The molecule has 0 radical (unpaired) electrons. The quantitative estimate of drug-likeness (QED) is 0.873. The number of likely N-dealkylation sites (tertiary alicyclic amines) is 1. The van der Waals surface area contributed by atoms with E-state index in [2.05, 4.69) is 10.3 Å². The molecule has 2 aliphatic heterocycles. The van der Waals surface area contributed by atoms with Gasteiger partial charge in [-0.2, -0.15) is 0 Å². The van der Waals surface area contributed by atoms with Crippen molar-refractivity contribution in [1.82, 2.24) is 19.9 Å². The lowest BCUT2D eigenvalue weighted by atomic mass is 10.2. The van der Waals surface area contributed by atoms with E-state index in [9.17, 15) is 14.7 Å². The van der Waals surface area contributed by atoms with Crippen LogP contribution in [0.4, 0.5) is 0 Å². The van der Waals surface area contributed by atoms with E-state index in [1.807, 2.05) is 0 Å². The van der Waals surface area contributed by atoms with Crippen LogP contribution in [0.5, 0.6) is 11.5 Å². The van der Waals surface area contributed by atoms with Crippen molar-refractivity contribution in [1.29, 1.82) is 0 Å². The standard InChI is InChI=1S/C17H18N4O5/c1-10-15(16(22)20-6-2-3-12(20)17(23)24)18-19-21(10)11-4-5-13-14(9-11)26-8-7-25-13/h4-5,9,12H,2-3,6-8H2,1H3,(H,23,24)/t12-/m0/s1. The summed E-state index contributed by atoms with van der Waals surface area (Å²) in [5, 5.41) is 17.4.